The number of nitrogen functional groups attached to an aromatic ring is 1. The van der Waals surface area contributed by atoms with Crippen LogP contribution < -0.4 is 16.3 Å². The average molecular weight is 898 g/mol. The van der Waals surface area contributed by atoms with Gasteiger partial charge in [0.15, 0.2) is 11.4 Å². The number of aromatic nitrogens is 2. The number of amides is 1. The Kier molecular flexibility index (Phi) is 12.9. The minimum Gasteiger partial charge on any atom is -0.505 e. The number of aromatic hydroxyl groups is 2. The third-order valence-corrected chi connectivity index (χ3v) is 11.8. The van der Waals surface area contributed by atoms with E-state index in [4.69, 9.17) is 10.8 Å². The zero-order chi connectivity index (χ0) is 47.4. The molecule has 3 aliphatic rings. The number of benzene rings is 6. The van der Waals surface area contributed by atoms with Crippen LogP contribution in [0, 0.1) is 6.92 Å². The number of nitrogens with one attached hydrogen (secondary N) is 1. The van der Waals surface area contributed by atoms with Gasteiger partial charge in [0.1, 0.15) is 11.4 Å². The van der Waals surface area contributed by atoms with Crippen LogP contribution in [0.4, 0.5) is 22.7 Å². The molecular weight excluding hydrogens is 851 g/mol. The number of nitrogens with two attached hydrogens (primary N) is 1. The summed E-state index contributed by atoms with van der Waals surface area (Å²) >= 11 is 0. The fourth-order valence-corrected chi connectivity index (χ4v) is 8.36. The Morgan fingerprint density at radius 2 is 1.18 bits per heavy atom. The number of phenols is 2. The van der Waals surface area contributed by atoms with Crippen molar-refractivity contribution in [2.24, 2.45) is 15.3 Å². The van der Waals surface area contributed by atoms with Crippen molar-refractivity contribution in [2.75, 3.05) is 10.7 Å². The summed E-state index contributed by atoms with van der Waals surface area (Å²) in [5, 5.41) is 55.8. The molecule has 6 aromatic carbocycles. The number of carbonyl (C=O) groups is 3. The van der Waals surface area contributed by atoms with Crippen molar-refractivity contribution in [1.29, 1.82) is 0 Å². The fraction of sp³-hybridized carbons (Fsp3) is 0.173. The molecule has 1 amide bonds. The lowest BCUT2D eigenvalue weighted by Gasteiger charge is -2.13. The number of fused-ring (bicyclic) bond motifs is 2. The molecule has 0 unspecified atom stereocenters. The van der Waals surface area contributed by atoms with E-state index in [2.05, 4.69) is 38.6 Å². The van der Waals surface area contributed by atoms with Gasteiger partial charge in [0.2, 0.25) is 0 Å². The Hall–Kier alpha value is -8.59. The Morgan fingerprint density at radius 1 is 0.642 bits per heavy atom. The summed E-state index contributed by atoms with van der Waals surface area (Å²) in [6, 6.07) is 34.8. The molecule has 67 heavy (non-hydrogen) atoms. The van der Waals surface area contributed by atoms with Crippen LogP contribution in [0.5, 0.6) is 11.5 Å². The summed E-state index contributed by atoms with van der Waals surface area (Å²) in [6.45, 7) is 3.64. The highest BCUT2D eigenvalue weighted by molar-refractivity contribution is 6.12. The molecule has 2 heterocycles. The van der Waals surface area contributed by atoms with Gasteiger partial charge in [0, 0.05) is 16.8 Å². The average Bonchev–Trinajstić information content (AvgIpc) is 4.13. The zero-order valence-corrected chi connectivity index (χ0v) is 36.7. The molecule has 0 atom stereocenters. The maximum Gasteiger partial charge on any atom is 0.335 e. The van der Waals surface area contributed by atoms with E-state index in [9.17, 15) is 34.5 Å². The minimum atomic E-state index is -1.06. The Morgan fingerprint density at radius 3 is 1.76 bits per heavy atom. The Bertz CT molecular complexity index is 3200. The third kappa shape index (κ3) is 9.76. The summed E-state index contributed by atoms with van der Waals surface area (Å²) in [5.41, 5.74) is 16.7. The maximum absolute atomic E-state index is 13.0. The first-order chi connectivity index (χ1) is 32.2. The van der Waals surface area contributed by atoms with Crippen molar-refractivity contribution in [3.63, 3.8) is 0 Å². The lowest BCUT2D eigenvalue weighted by atomic mass is 10.0. The number of hydrazone groups is 1. The van der Waals surface area contributed by atoms with Crippen LogP contribution in [0.25, 0.3) is 27.9 Å². The number of phenolic OH excluding ortho intramolecular Hbond substituents is 2. The van der Waals surface area contributed by atoms with Crippen LogP contribution in [0.15, 0.2) is 141 Å². The first-order valence-corrected chi connectivity index (χ1v) is 21.7. The molecule has 0 saturated carbocycles. The van der Waals surface area contributed by atoms with E-state index >= 15 is 0 Å². The van der Waals surface area contributed by atoms with Gasteiger partial charge in [-0.3, -0.25) is 14.7 Å². The van der Waals surface area contributed by atoms with Crippen molar-refractivity contribution in [2.45, 2.75) is 58.8 Å². The van der Waals surface area contributed by atoms with Gasteiger partial charge >= 0.3 is 11.9 Å². The standard InChI is InChI=1S/C26H22N4O4.C13H14N2O.C13H11NO3/c1-15-23(25(32)30(29-15)20-12-11-16-5-2-6-17(16)14-20)28-27-22-10-4-9-21(24(22)31)18-7-3-8-19(13-18)26(33)34;1-9-7-13(16)15(14-9)12-6-5-10-3-2-4-11(10)8-12;14-11-6-2-5-10(12(11)15)8-3-1-4-9(7-8)13(16)17/h3-4,7-14,29,31H,2,5-6H2,1H3,(H,33,34);5-6,8H,2-4,7H2,1H3;1-7,15H,14H2,(H,16,17). The monoisotopic (exact) mass is 897 g/mol. The highest BCUT2D eigenvalue weighted by atomic mass is 16.4. The molecule has 15 nitrogen and oxygen atoms in total. The van der Waals surface area contributed by atoms with E-state index in [1.54, 1.807) is 67.6 Å². The molecule has 0 bridgehead atoms. The summed E-state index contributed by atoms with van der Waals surface area (Å²) in [6.07, 6.45) is 7.19. The molecule has 7 N–H and O–H groups in total. The number of azo groups is 1. The highest BCUT2D eigenvalue weighted by Crippen LogP contribution is 2.39. The number of para-hydroxylation sites is 2. The van der Waals surface area contributed by atoms with Gasteiger partial charge in [0.25, 0.3) is 11.5 Å². The lowest BCUT2D eigenvalue weighted by molar-refractivity contribution is -0.116. The Balaban J connectivity index is 0.000000153. The van der Waals surface area contributed by atoms with Crippen LogP contribution in [-0.4, -0.2) is 53.8 Å². The number of carboxylic acid groups (broad SMARTS) is 2. The molecule has 0 spiro atoms. The third-order valence-electron chi connectivity index (χ3n) is 11.8. The fourth-order valence-electron chi connectivity index (χ4n) is 8.36. The molecule has 2 aliphatic carbocycles. The van der Waals surface area contributed by atoms with Gasteiger partial charge in [-0.1, -0.05) is 60.7 Å². The second-order valence-electron chi connectivity index (χ2n) is 16.4. The molecule has 0 saturated heterocycles. The number of anilines is 2. The normalized spacial score (nSPS) is 13.6. The molecular formula is C52H47N7O8. The van der Waals surface area contributed by atoms with Crippen LogP contribution in [0.2, 0.25) is 0 Å². The van der Waals surface area contributed by atoms with Crippen LogP contribution >= 0.6 is 0 Å². The number of H-pyrrole nitrogens is 1. The van der Waals surface area contributed by atoms with Gasteiger partial charge < -0.3 is 26.2 Å². The topological polar surface area (TPSA) is 236 Å². The number of nitrogens with zero attached hydrogens (tertiary/aromatic N) is 5. The van der Waals surface area contributed by atoms with Crippen molar-refractivity contribution < 1.29 is 34.8 Å². The second kappa shape index (κ2) is 19.3. The summed E-state index contributed by atoms with van der Waals surface area (Å²) < 4.78 is 1.45. The number of carboxylic acids is 2. The predicted molar refractivity (Wildman–Crippen MR) is 256 cm³/mol. The summed E-state index contributed by atoms with van der Waals surface area (Å²) in [4.78, 5) is 46.9. The lowest BCUT2D eigenvalue weighted by Crippen LogP contribution is -2.19. The molecule has 15 heteroatoms. The quantitative estimate of drug-likeness (QED) is 0.0483. The molecule has 0 radical (unpaired) electrons. The van der Waals surface area contributed by atoms with E-state index < -0.39 is 11.9 Å². The molecule has 0 fully saturated rings. The van der Waals surface area contributed by atoms with Crippen molar-refractivity contribution in [1.82, 2.24) is 9.78 Å². The van der Waals surface area contributed by atoms with Gasteiger partial charge in [-0.15, -0.1) is 10.2 Å². The van der Waals surface area contributed by atoms with E-state index in [0.29, 0.717) is 34.4 Å². The number of hydrogen-bond acceptors (Lipinski definition) is 10. The number of aromatic carboxylic acids is 2. The maximum atomic E-state index is 13.0. The van der Waals surface area contributed by atoms with E-state index in [1.807, 2.05) is 25.1 Å². The number of rotatable bonds is 8. The number of aromatic amines is 1. The van der Waals surface area contributed by atoms with E-state index in [1.165, 1.54) is 69.1 Å². The molecule has 338 valence electrons. The molecule has 10 rings (SSSR count). The van der Waals surface area contributed by atoms with Gasteiger partial charge in [-0.05, 0) is 146 Å². The first-order valence-electron chi connectivity index (χ1n) is 21.7. The van der Waals surface area contributed by atoms with Crippen molar-refractivity contribution in [3.8, 4) is 39.4 Å². The number of aryl methyl sites for hydroxylation is 5. The SMILES string of the molecule is CC1=NN(c2ccc3c(c2)CCC3)C(=O)C1.Cc1[nH]n(-c2ccc3c(c2)CCC3)c(=O)c1N=Nc1cccc(-c2cccc(C(=O)O)c2)c1O.Nc1cccc(-c2cccc(C(=O)O)c2)c1O. The number of hydrogen-bond donors (Lipinski definition) is 6. The summed E-state index contributed by atoms with van der Waals surface area (Å²) in [5.74, 6) is -2.17. The van der Waals surface area contributed by atoms with Crippen LogP contribution in [0.3, 0.4) is 0 Å². The van der Waals surface area contributed by atoms with Gasteiger partial charge in [0.05, 0.1) is 40.3 Å². The van der Waals surface area contributed by atoms with Crippen molar-refractivity contribution in [3.05, 3.63) is 171 Å². The summed E-state index contributed by atoms with van der Waals surface area (Å²) in [7, 11) is 0. The predicted octanol–water partition coefficient (Wildman–Crippen LogP) is 10.1. The zero-order valence-electron chi connectivity index (χ0n) is 36.7. The van der Waals surface area contributed by atoms with Crippen molar-refractivity contribution >= 4 is 46.3 Å². The minimum absolute atomic E-state index is 0.0324. The Labute approximate surface area is 384 Å². The molecule has 1 aliphatic heterocycles. The van der Waals surface area contributed by atoms with Gasteiger partial charge in [-0.25, -0.2) is 19.3 Å². The van der Waals surface area contributed by atoms with E-state index in [-0.39, 0.29) is 51.2 Å². The van der Waals surface area contributed by atoms with Crippen LogP contribution in [-0.2, 0) is 30.5 Å². The second-order valence-corrected chi connectivity index (χ2v) is 16.4. The first kappa shape index (κ1) is 45.0. The largest absolute Gasteiger partial charge is 0.505 e. The highest BCUT2D eigenvalue weighted by Gasteiger charge is 2.24. The smallest absolute Gasteiger partial charge is 0.335 e. The van der Waals surface area contributed by atoms with Gasteiger partial charge in [-0.2, -0.15) is 5.10 Å². The number of carbonyl (C=O) groups excluding carboxylic acids is 1. The molecule has 7 aromatic rings. The molecule has 1 aromatic heterocycles. The van der Waals surface area contributed by atoms with E-state index in [0.717, 1.165) is 42.8 Å². The van der Waals surface area contributed by atoms with Crippen LogP contribution in [0.1, 0.15) is 74.8 Å².